The summed E-state index contributed by atoms with van der Waals surface area (Å²) in [7, 11) is 3.19. The summed E-state index contributed by atoms with van der Waals surface area (Å²) in [6.45, 7) is 10.2. The van der Waals surface area contributed by atoms with Crippen LogP contribution in [-0.2, 0) is 9.53 Å². The van der Waals surface area contributed by atoms with E-state index >= 15 is 0 Å². The molecule has 1 aromatic heterocycles. The summed E-state index contributed by atoms with van der Waals surface area (Å²) in [5, 5.41) is 0. The average Bonchev–Trinajstić information content (AvgIpc) is 3.21. The summed E-state index contributed by atoms with van der Waals surface area (Å²) in [6.07, 6.45) is 2.43. The summed E-state index contributed by atoms with van der Waals surface area (Å²) < 4.78 is 24.4. The minimum atomic E-state index is -0.693. The topological polar surface area (TPSA) is 88.4 Å². The second-order valence-corrected chi connectivity index (χ2v) is 11.3. The van der Waals surface area contributed by atoms with Gasteiger partial charge in [-0.05, 0) is 74.6 Å². The van der Waals surface area contributed by atoms with Crippen molar-refractivity contribution in [3.8, 4) is 17.2 Å². The lowest BCUT2D eigenvalue weighted by atomic mass is 9.96. The Morgan fingerprint density at radius 1 is 1.05 bits per heavy atom. The van der Waals surface area contributed by atoms with Crippen molar-refractivity contribution in [3.05, 3.63) is 84.5 Å². The first kappa shape index (κ1) is 29.1. The average molecular weight is 565 g/mol. The summed E-state index contributed by atoms with van der Waals surface area (Å²) >= 11 is 1.27. The first-order chi connectivity index (χ1) is 19.1. The van der Waals surface area contributed by atoms with Crippen LogP contribution in [0.15, 0.2) is 63.5 Å². The second kappa shape index (κ2) is 12.6. The van der Waals surface area contributed by atoms with Crippen molar-refractivity contribution in [2.45, 2.75) is 53.2 Å². The van der Waals surface area contributed by atoms with Crippen molar-refractivity contribution >= 4 is 23.4 Å². The van der Waals surface area contributed by atoms with E-state index in [4.69, 9.17) is 18.9 Å². The lowest BCUT2D eigenvalue weighted by molar-refractivity contribution is -0.143. The van der Waals surface area contributed by atoms with Gasteiger partial charge in [-0.1, -0.05) is 43.4 Å². The molecule has 9 heteroatoms. The van der Waals surface area contributed by atoms with E-state index in [1.165, 1.54) is 11.3 Å². The number of carbonyl (C=O) groups is 1. The highest BCUT2D eigenvalue weighted by Gasteiger charge is 2.33. The van der Waals surface area contributed by atoms with Crippen LogP contribution < -0.4 is 29.1 Å². The van der Waals surface area contributed by atoms with Crippen molar-refractivity contribution in [1.82, 2.24) is 4.57 Å². The minimum absolute atomic E-state index is 0.247. The molecule has 1 aliphatic heterocycles. The molecule has 0 saturated heterocycles. The van der Waals surface area contributed by atoms with Gasteiger partial charge in [-0.25, -0.2) is 9.79 Å². The molecular formula is C31H36N2O6S. The first-order valence-corrected chi connectivity index (χ1v) is 14.1. The van der Waals surface area contributed by atoms with Gasteiger partial charge in [0.2, 0.25) is 0 Å². The molecule has 1 atom stereocenters. The van der Waals surface area contributed by atoms with E-state index < -0.39 is 12.0 Å². The number of aromatic nitrogens is 1. The van der Waals surface area contributed by atoms with Crippen LogP contribution in [0.4, 0.5) is 0 Å². The fourth-order valence-corrected chi connectivity index (χ4v) is 5.46. The van der Waals surface area contributed by atoms with Gasteiger partial charge in [-0.15, -0.1) is 0 Å². The molecule has 212 valence electrons. The van der Waals surface area contributed by atoms with E-state index in [0.29, 0.717) is 50.4 Å². The largest absolute Gasteiger partial charge is 0.497 e. The Hall–Kier alpha value is -3.85. The van der Waals surface area contributed by atoms with Gasteiger partial charge >= 0.3 is 5.97 Å². The van der Waals surface area contributed by atoms with E-state index in [9.17, 15) is 9.59 Å². The van der Waals surface area contributed by atoms with Crippen LogP contribution in [0.2, 0.25) is 0 Å². The lowest BCUT2D eigenvalue weighted by Crippen LogP contribution is -2.40. The Morgan fingerprint density at radius 3 is 2.40 bits per heavy atom. The number of carbonyl (C=O) groups excluding carboxylic acids is 1. The van der Waals surface area contributed by atoms with Crippen molar-refractivity contribution < 1.29 is 23.7 Å². The van der Waals surface area contributed by atoms with E-state index in [1.54, 1.807) is 45.6 Å². The number of allylic oxidation sites excluding steroid dienone is 1. The Labute approximate surface area is 238 Å². The number of thiazole rings is 1. The summed E-state index contributed by atoms with van der Waals surface area (Å²) in [5.74, 6) is 1.97. The molecule has 3 aromatic rings. The van der Waals surface area contributed by atoms with Crippen LogP contribution in [0.25, 0.3) is 6.08 Å². The Balaban J connectivity index is 1.80. The fourth-order valence-electron chi connectivity index (χ4n) is 4.41. The molecule has 8 nitrogen and oxygen atoms in total. The van der Waals surface area contributed by atoms with Gasteiger partial charge in [0, 0.05) is 0 Å². The lowest BCUT2D eigenvalue weighted by Gasteiger charge is -2.25. The highest BCUT2D eigenvalue weighted by molar-refractivity contribution is 7.07. The fraction of sp³-hybridized carbons (Fsp3) is 0.387. The maximum absolute atomic E-state index is 13.9. The number of hydrogen-bond donors (Lipinski definition) is 0. The third-order valence-corrected chi connectivity index (χ3v) is 7.44. The summed E-state index contributed by atoms with van der Waals surface area (Å²) in [4.78, 5) is 32.3. The maximum atomic E-state index is 13.9. The highest BCUT2D eigenvalue weighted by Crippen LogP contribution is 2.32. The standard InChI is InChI=1S/C31H36N2O6S/c1-18(2)14-15-38-24-13-8-21(16-25(24)37-7)17-26-29(34)33-28(22-9-11-23(36-6)12-10-22)27(30(35)39-19(3)4)20(5)32-31(33)40-26/h8-13,16-19,28H,14-15H2,1-7H3/b26-17+. The van der Waals surface area contributed by atoms with Gasteiger partial charge in [0.1, 0.15) is 5.75 Å². The number of ether oxygens (including phenoxy) is 4. The molecule has 4 rings (SSSR count). The van der Waals surface area contributed by atoms with Crippen LogP contribution in [0, 0.1) is 5.92 Å². The van der Waals surface area contributed by atoms with Crippen LogP contribution in [-0.4, -0.2) is 37.5 Å². The van der Waals surface area contributed by atoms with Gasteiger partial charge in [0.05, 0.1) is 48.8 Å². The number of benzene rings is 2. The molecule has 1 unspecified atom stereocenters. The predicted molar refractivity (Wildman–Crippen MR) is 156 cm³/mol. The van der Waals surface area contributed by atoms with Crippen LogP contribution in [0.5, 0.6) is 17.2 Å². The Morgan fingerprint density at radius 2 is 1.77 bits per heavy atom. The summed E-state index contributed by atoms with van der Waals surface area (Å²) in [6, 6.07) is 12.2. The molecular weight excluding hydrogens is 528 g/mol. The van der Waals surface area contributed by atoms with E-state index in [-0.39, 0.29) is 11.7 Å². The molecule has 2 aromatic carbocycles. The van der Waals surface area contributed by atoms with Crippen LogP contribution >= 0.6 is 11.3 Å². The Bertz CT molecular complexity index is 1580. The molecule has 2 heterocycles. The van der Waals surface area contributed by atoms with Crippen molar-refractivity contribution in [2.24, 2.45) is 10.9 Å². The molecule has 0 N–H and O–H groups in total. The third-order valence-electron chi connectivity index (χ3n) is 6.45. The molecule has 40 heavy (non-hydrogen) atoms. The normalized spacial score (nSPS) is 15.2. The molecule has 0 saturated carbocycles. The number of nitrogens with zero attached hydrogens (tertiary/aromatic N) is 2. The van der Waals surface area contributed by atoms with Crippen LogP contribution in [0.1, 0.15) is 58.2 Å². The molecule has 0 aliphatic carbocycles. The van der Waals surface area contributed by atoms with Gasteiger partial charge in [-0.2, -0.15) is 0 Å². The first-order valence-electron chi connectivity index (χ1n) is 13.3. The molecule has 0 radical (unpaired) electrons. The molecule has 0 spiro atoms. The van der Waals surface area contributed by atoms with E-state index in [0.717, 1.165) is 17.5 Å². The predicted octanol–water partition coefficient (Wildman–Crippen LogP) is 4.63. The van der Waals surface area contributed by atoms with Crippen molar-refractivity contribution in [3.63, 3.8) is 0 Å². The maximum Gasteiger partial charge on any atom is 0.338 e. The molecule has 1 aliphatic rings. The number of rotatable bonds is 10. The van der Waals surface area contributed by atoms with Gasteiger partial charge < -0.3 is 18.9 Å². The minimum Gasteiger partial charge on any atom is -0.497 e. The van der Waals surface area contributed by atoms with Gasteiger partial charge in [0.15, 0.2) is 16.3 Å². The zero-order chi connectivity index (χ0) is 29.0. The van der Waals surface area contributed by atoms with Crippen LogP contribution in [0.3, 0.4) is 0 Å². The zero-order valence-corrected chi connectivity index (χ0v) is 24.8. The highest BCUT2D eigenvalue weighted by atomic mass is 32.1. The third kappa shape index (κ3) is 6.31. The number of hydrogen-bond acceptors (Lipinski definition) is 8. The summed E-state index contributed by atoms with van der Waals surface area (Å²) in [5.41, 5.74) is 2.15. The SMILES string of the molecule is COc1ccc(C2C(C(=O)OC(C)C)=C(C)N=c3s/c(=C/c4ccc(OCCC(C)C)c(OC)c4)c(=O)n32)cc1. The second-order valence-electron chi connectivity index (χ2n) is 10.3. The number of fused-ring (bicyclic) bond motifs is 1. The molecule has 0 bridgehead atoms. The van der Waals surface area contributed by atoms with Crippen molar-refractivity contribution in [1.29, 1.82) is 0 Å². The molecule has 0 fully saturated rings. The Kier molecular flexibility index (Phi) is 9.14. The van der Waals surface area contributed by atoms with Crippen molar-refractivity contribution in [2.75, 3.05) is 20.8 Å². The quantitative estimate of drug-likeness (QED) is 0.334. The smallest absolute Gasteiger partial charge is 0.338 e. The zero-order valence-electron chi connectivity index (χ0n) is 24.0. The molecule has 0 amide bonds. The number of methoxy groups -OCH3 is 2. The van der Waals surface area contributed by atoms with E-state index in [1.807, 2.05) is 42.5 Å². The van der Waals surface area contributed by atoms with Gasteiger partial charge in [0.25, 0.3) is 5.56 Å². The monoisotopic (exact) mass is 564 g/mol. The van der Waals surface area contributed by atoms with Gasteiger partial charge in [-0.3, -0.25) is 9.36 Å². The number of esters is 1. The van der Waals surface area contributed by atoms with E-state index in [2.05, 4.69) is 18.8 Å².